The van der Waals surface area contributed by atoms with E-state index >= 15 is 0 Å². The molecule has 3 unspecified atom stereocenters. The second-order valence-electron chi connectivity index (χ2n) is 5.20. The van der Waals surface area contributed by atoms with Crippen molar-refractivity contribution >= 4 is 11.6 Å². The standard InChI is InChI=1S/C15H22ClNO/c1-4-7-17-15(12-8-10(12)2)11-5-6-13(16)14(9-11)18-3/h5-6,9-10,12,15,17H,4,7-8H2,1-3H3. The van der Waals surface area contributed by atoms with Crippen molar-refractivity contribution in [1.82, 2.24) is 5.32 Å². The number of hydrogen-bond donors (Lipinski definition) is 1. The van der Waals surface area contributed by atoms with Crippen LogP contribution in [0.4, 0.5) is 0 Å². The van der Waals surface area contributed by atoms with Crippen molar-refractivity contribution < 1.29 is 4.74 Å². The molecule has 0 amide bonds. The molecule has 1 N–H and O–H groups in total. The number of hydrogen-bond acceptors (Lipinski definition) is 2. The number of nitrogens with one attached hydrogen (secondary N) is 1. The van der Waals surface area contributed by atoms with Gasteiger partial charge in [-0.3, -0.25) is 0 Å². The molecule has 18 heavy (non-hydrogen) atoms. The van der Waals surface area contributed by atoms with Gasteiger partial charge in [-0.05, 0) is 48.9 Å². The van der Waals surface area contributed by atoms with Crippen LogP contribution in [0.5, 0.6) is 5.75 Å². The van der Waals surface area contributed by atoms with Crippen LogP contribution in [-0.4, -0.2) is 13.7 Å². The molecule has 3 heteroatoms. The molecule has 3 atom stereocenters. The van der Waals surface area contributed by atoms with Crippen LogP contribution in [0.2, 0.25) is 5.02 Å². The van der Waals surface area contributed by atoms with E-state index in [2.05, 4.69) is 31.3 Å². The summed E-state index contributed by atoms with van der Waals surface area (Å²) < 4.78 is 5.31. The molecule has 2 rings (SSSR count). The summed E-state index contributed by atoms with van der Waals surface area (Å²) in [5.74, 6) is 2.34. The minimum absolute atomic E-state index is 0.436. The molecule has 2 nitrogen and oxygen atoms in total. The first kappa shape index (κ1) is 13.7. The van der Waals surface area contributed by atoms with Crippen molar-refractivity contribution in [2.45, 2.75) is 32.7 Å². The lowest BCUT2D eigenvalue weighted by molar-refractivity contribution is 0.410. The molecular formula is C15H22ClNO. The molecule has 1 aliphatic carbocycles. The van der Waals surface area contributed by atoms with Crippen LogP contribution in [0.15, 0.2) is 18.2 Å². The molecule has 0 radical (unpaired) electrons. The number of halogens is 1. The summed E-state index contributed by atoms with van der Waals surface area (Å²) in [6.07, 6.45) is 2.47. The van der Waals surface area contributed by atoms with Crippen molar-refractivity contribution in [3.05, 3.63) is 28.8 Å². The van der Waals surface area contributed by atoms with Crippen molar-refractivity contribution in [3.8, 4) is 5.75 Å². The summed E-state index contributed by atoms with van der Waals surface area (Å²) >= 11 is 6.08. The second kappa shape index (κ2) is 5.94. The van der Waals surface area contributed by atoms with Gasteiger partial charge in [0.15, 0.2) is 0 Å². The summed E-state index contributed by atoms with van der Waals surface area (Å²) in [6.45, 7) is 5.57. The zero-order chi connectivity index (χ0) is 13.1. The molecule has 0 bridgehead atoms. The summed E-state index contributed by atoms with van der Waals surface area (Å²) in [5.41, 5.74) is 1.29. The Morgan fingerprint density at radius 1 is 1.50 bits per heavy atom. The van der Waals surface area contributed by atoms with Crippen LogP contribution in [0, 0.1) is 11.8 Å². The van der Waals surface area contributed by atoms with Crippen LogP contribution >= 0.6 is 11.6 Å². The van der Waals surface area contributed by atoms with Crippen LogP contribution in [0.3, 0.4) is 0 Å². The molecule has 0 saturated heterocycles. The van der Waals surface area contributed by atoms with Gasteiger partial charge in [-0.15, -0.1) is 0 Å². The van der Waals surface area contributed by atoms with Gasteiger partial charge in [0.05, 0.1) is 12.1 Å². The van der Waals surface area contributed by atoms with Gasteiger partial charge in [0, 0.05) is 6.04 Å². The maximum absolute atomic E-state index is 6.08. The fraction of sp³-hybridized carbons (Fsp3) is 0.600. The maximum atomic E-state index is 6.08. The molecule has 1 saturated carbocycles. The maximum Gasteiger partial charge on any atom is 0.137 e. The highest BCUT2D eigenvalue weighted by Gasteiger charge is 2.39. The quantitative estimate of drug-likeness (QED) is 0.840. The van der Waals surface area contributed by atoms with Gasteiger partial charge < -0.3 is 10.1 Å². The second-order valence-corrected chi connectivity index (χ2v) is 5.61. The Morgan fingerprint density at radius 3 is 2.78 bits per heavy atom. The van der Waals surface area contributed by atoms with Gasteiger partial charge in [0.1, 0.15) is 5.75 Å². The van der Waals surface area contributed by atoms with E-state index in [-0.39, 0.29) is 0 Å². The van der Waals surface area contributed by atoms with E-state index in [1.165, 1.54) is 12.0 Å². The lowest BCUT2D eigenvalue weighted by Gasteiger charge is -2.20. The number of methoxy groups -OCH3 is 1. The van der Waals surface area contributed by atoms with E-state index in [0.29, 0.717) is 11.1 Å². The Balaban J connectivity index is 2.19. The first-order valence-corrected chi connectivity index (χ1v) is 7.12. The predicted molar refractivity (Wildman–Crippen MR) is 76.3 cm³/mol. The Labute approximate surface area is 115 Å². The highest BCUT2D eigenvalue weighted by atomic mass is 35.5. The summed E-state index contributed by atoms with van der Waals surface area (Å²) in [6, 6.07) is 6.55. The van der Waals surface area contributed by atoms with Gasteiger partial charge in [0.2, 0.25) is 0 Å². The average Bonchev–Trinajstić information content (AvgIpc) is 3.08. The van der Waals surface area contributed by atoms with Gasteiger partial charge in [-0.1, -0.05) is 31.5 Å². The first-order chi connectivity index (χ1) is 8.67. The van der Waals surface area contributed by atoms with Crippen LogP contribution in [-0.2, 0) is 0 Å². The third-order valence-electron chi connectivity index (χ3n) is 3.75. The van der Waals surface area contributed by atoms with Crippen molar-refractivity contribution in [2.24, 2.45) is 11.8 Å². The smallest absolute Gasteiger partial charge is 0.137 e. The van der Waals surface area contributed by atoms with E-state index in [1.807, 2.05) is 6.07 Å². The van der Waals surface area contributed by atoms with Crippen LogP contribution in [0.1, 0.15) is 38.3 Å². The lowest BCUT2D eigenvalue weighted by atomic mass is 10.0. The largest absolute Gasteiger partial charge is 0.495 e. The summed E-state index contributed by atoms with van der Waals surface area (Å²) in [7, 11) is 1.67. The zero-order valence-electron chi connectivity index (χ0n) is 11.4. The molecular weight excluding hydrogens is 246 g/mol. The minimum Gasteiger partial charge on any atom is -0.495 e. The zero-order valence-corrected chi connectivity index (χ0v) is 12.1. The molecule has 0 aliphatic heterocycles. The van der Waals surface area contributed by atoms with Crippen molar-refractivity contribution in [1.29, 1.82) is 0 Å². The Hall–Kier alpha value is -0.730. The molecule has 100 valence electrons. The molecule has 0 heterocycles. The SMILES string of the molecule is CCCNC(c1ccc(Cl)c(OC)c1)C1CC1C. The molecule has 1 fully saturated rings. The average molecular weight is 268 g/mol. The van der Waals surface area contributed by atoms with E-state index in [0.717, 1.165) is 30.6 Å². The Morgan fingerprint density at radius 2 is 2.22 bits per heavy atom. The van der Waals surface area contributed by atoms with E-state index in [9.17, 15) is 0 Å². The van der Waals surface area contributed by atoms with Crippen molar-refractivity contribution in [3.63, 3.8) is 0 Å². The predicted octanol–water partition coefficient (Wildman–Crippen LogP) is 4.05. The highest BCUT2D eigenvalue weighted by Crippen LogP contribution is 2.47. The van der Waals surface area contributed by atoms with Crippen molar-refractivity contribution in [2.75, 3.05) is 13.7 Å². The van der Waals surface area contributed by atoms with E-state index in [4.69, 9.17) is 16.3 Å². The molecule has 1 aliphatic rings. The van der Waals surface area contributed by atoms with E-state index < -0.39 is 0 Å². The number of rotatable bonds is 6. The Kier molecular flexibility index (Phi) is 4.52. The van der Waals surface area contributed by atoms with Gasteiger partial charge in [-0.25, -0.2) is 0 Å². The third kappa shape index (κ3) is 2.99. The van der Waals surface area contributed by atoms with Gasteiger partial charge in [-0.2, -0.15) is 0 Å². The fourth-order valence-electron chi connectivity index (χ4n) is 2.50. The topological polar surface area (TPSA) is 21.3 Å². The van der Waals surface area contributed by atoms with Crippen LogP contribution < -0.4 is 10.1 Å². The monoisotopic (exact) mass is 267 g/mol. The number of benzene rings is 1. The van der Waals surface area contributed by atoms with E-state index in [1.54, 1.807) is 7.11 Å². The number of ether oxygens (including phenoxy) is 1. The lowest BCUT2D eigenvalue weighted by Crippen LogP contribution is -2.24. The highest BCUT2D eigenvalue weighted by molar-refractivity contribution is 6.32. The Bertz CT molecular complexity index is 407. The van der Waals surface area contributed by atoms with Gasteiger partial charge in [0.25, 0.3) is 0 Å². The van der Waals surface area contributed by atoms with Crippen LogP contribution in [0.25, 0.3) is 0 Å². The first-order valence-electron chi connectivity index (χ1n) is 6.74. The normalized spacial score (nSPS) is 23.8. The third-order valence-corrected chi connectivity index (χ3v) is 4.06. The fourth-order valence-corrected chi connectivity index (χ4v) is 2.70. The summed E-state index contributed by atoms with van der Waals surface area (Å²) in [5, 5.41) is 4.33. The summed E-state index contributed by atoms with van der Waals surface area (Å²) in [4.78, 5) is 0. The molecule has 0 aromatic heterocycles. The molecule has 0 spiro atoms. The molecule has 1 aromatic rings. The molecule has 1 aromatic carbocycles. The van der Waals surface area contributed by atoms with Gasteiger partial charge >= 0.3 is 0 Å². The minimum atomic E-state index is 0.436.